The molecule has 0 fully saturated rings. The number of fused-ring (bicyclic) bond motifs is 1. The molecule has 2 aromatic heterocycles. The number of aromatic nitrogens is 2. The summed E-state index contributed by atoms with van der Waals surface area (Å²) in [6.07, 6.45) is 1.95. The first kappa shape index (κ1) is 11.3. The number of imidazole rings is 1. The summed E-state index contributed by atoms with van der Waals surface area (Å²) >= 11 is 3.49. The molecule has 4 heteroatoms. The zero-order chi connectivity index (χ0) is 12.7. The van der Waals surface area contributed by atoms with Crippen LogP contribution in [0.25, 0.3) is 16.9 Å². The SMILES string of the molecule is Cc1ccccc1-c1nc(Br)c2cc(N)ccn12. The average Bonchev–Trinajstić information content (AvgIpc) is 2.67. The van der Waals surface area contributed by atoms with E-state index in [1.165, 1.54) is 5.56 Å². The van der Waals surface area contributed by atoms with Crippen molar-refractivity contribution in [3.05, 3.63) is 52.8 Å². The predicted molar refractivity (Wildman–Crippen MR) is 77.5 cm³/mol. The van der Waals surface area contributed by atoms with E-state index in [2.05, 4.69) is 40.0 Å². The Bertz CT molecular complexity index is 731. The Balaban J connectivity index is 2.34. The van der Waals surface area contributed by atoms with Crippen molar-refractivity contribution < 1.29 is 0 Å². The number of anilines is 1. The van der Waals surface area contributed by atoms with E-state index < -0.39 is 0 Å². The standard InChI is InChI=1S/C14H12BrN3/c1-9-4-2-3-5-11(9)14-17-13(15)12-8-10(16)6-7-18(12)14/h2-8H,16H2,1H3. The van der Waals surface area contributed by atoms with E-state index >= 15 is 0 Å². The van der Waals surface area contributed by atoms with Crippen molar-refractivity contribution in [3.63, 3.8) is 0 Å². The van der Waals surface area contributed by atoms with Crippen LogP contribution in [-0.4, -0.2) is 9.38 Å². The van der Waals surface area contributed by atoms with Crippen molar-refractivity contribution in [2.24, 2.45) is 0 Å². The van der Waals surface area contributed by atoms with Gasteiger partial charge in [0.25, 0.3) is 0 Å². The maximum Gasteiger partial charge on any atom is 0.146 e. The highest BCUT2D eigenvalue weighted by atomic mass is 79.9. The Labute approximate surface area is 113 Å². The van der Waals surface area contributed by atoms with Crippen LogP contribution in [0.15, 0.2) is 47.2 Å². The Morgan fingerprint density at radius 3 is 2.78 bits per heavy atom. The number of pyridine rings is 1. The summed E-state index contributed by atoms with van der Waals surface area (Å²) in [4.78, 5) is 4.59. The van der Waals surface area contributed by atoms with Crippen molar-refractivity contribution >= 4 is 27.1 Å². The summed E-state index contributed by atoms with van der Waals surface area (Å²) in [7, 11) is 0. The van der Waals surface area contributed by atoms with Crippen molar-refractivity contribution in [1.29, 1.82) is 0 Å². The quantitative estimate of drug-likeness (QED) is 0.745. The second kappa shape index (κ2) is 4.14. The fraction of sp³-hybridized carbons (Fsp3) is 0.0714. The fourth-order valence-corrected chi connectivity index (χ4v) is 2.55. The van der Waals surface area contributed by atoms with Crippen LogP contribution >= 0.6 is 15.9 Å². The van der Waals surface area contributed by atoms with Crippen molar-refractivity contribution in [1.82, 2.24) is 9.38 Å². The second-order valence-electron chi connectivity index (χ2n) is 4.26. The zero-order valence-corrected chi connectivity index (χ0v) is 11.5. The summed E-state index contributed by atoms with van der Waals surface area (Å²) in [6.45, 7) is 2.08. The summed E-state index contributed by atoms with van der Waals surface area (Å²) in [5.41, 5.74) is 9.85. The average molecular weight is 302 g/mol. The predicted octanol–water partition coefficient (Wildman–Crippen LogP) is 3.65. The molecule has 1 aromatic carbocycles. The van der Waals surface area contributed by atoms with E-state index in [0.29, 0.717) is 0 Å². The van der Waals surface area contributed by atoms with Gasteiger partial charge in [-0.1, -0.05) is 24.3 Å². The van der Waals surface area contributed by atoms with Gasteiger partial charge < -0.3 is 5.73 Å². The fourth-order valence-electron chi connectivity index (χ4n) is 2.08. The number of benzene rings is 1. The second-order valence-corrected chi connectivity index (χ2v) is 5.01. The molecule has 3 rings (SSSR count). The van der Waals surface area contributed by atoms with Crippen molar-refractivity contribution in [3.8, 4) is 11.4 Å². The lowest BCUT2D eigenvalue weighted by Crippen LogP contribution is -1.92. The van der Waals surface area contributed by atoms with E-state index in [1.54, 1.807) is 0 Å². The topological polar surface area (TPSA) is 43.3 Å². The summed E-state index contributed by atoms with van der Waals surface area (Å²) in [6, 6.07) is 12.0. The Kier molecular flexibility index (Phi) is 2.59. The first-order chi connectivity index (χ1) is 8.66. The molecule has 0 amide bonds. The molecule has 0 spiro atoms. The molecule has 0 saturated heterocycles. The Morgan fingerprint density at radius 1 is 1.22 bits per heavy atom. The van der Waals surface area contributed by atoms with Crippen LogP contribution in [0.5, 0.6) is 0 Å². The highest BCUT2D eigenvalue weighted by Gasteiger charge is 2.12. The van der Waals surface area contributed by atoms with Crippen molar-refractivity contribution in [2.45, 2.75) is 6.92 Å². The third-order valence-electron chi connectivity index (χ3n) is 3.01. The lowest BCUT2D eigenvalue weighted by atomic mass is 10.1. The number of aryl methyl sites for hydroxylation is 1. The number of hydrogen-bond donors (Lipinski definition) is 1. The number of nitrogens with zero attached hydrogens (tertiary/aromatic N) is 2. The maximum atomic E-state index is 5.81. The molecule has 0 radical (unpaired) electrons. The van der Waals surface area contributed by atoms with Gasteiger partial charge in [0, 0.05) is 17.4 Å². The van der Waals surface area contributed by atoms with Crippen LogP contribution in [0.1, 0.15) is 5.56 Å². The highest BCUT2D eigenvalue weighted by molar-refractivity contribution is 9.10. The van der Waals surface area contributed by atoms with E-state index in [4.69, 9.17) is 5.73 Å². The van der Waals surface area contributed by atoms with Gasteiger partial charge in [0.05, 0.1) is 5.52 Å². The molecule has 0 aliphatic rings. The van der Waals surface area contributed by atoms with E-state index in [1.807, 2.05) is 34.9 Å². The molecule has 0 saturated carbocycles. The van der Waals surface area contributed by atoms with Crippen LogP contribution in [-0.2, 0) is 0 Å². The van der Waals surface area contributed by atoms with E-state index in [9.17, 15) is 0 Å². The van der Waals surface area contributed by atoms with Gasteiger partial charge >= 0.3 is 0 Å². The van der Waals surface area contributed by atoms with Gasteiger partial charge in [-0.25, -0.2) is 4.98 Å². The molecule has 0 aliphatic carbocycles. The van der Waals surface area contributed by atoms with Gasteiger partial charge in [0.1, 0.15) is 10.4 Å². The molecule has 0 atom stereocenters. The van der Waals surface area contributed by atoms with Gasteiger partial charge in [-0.05, 0) is 40.5 Å². The number of nitrogens with two attached hydrogens (primary N) is 1. The molecule has 2 heterocycles. The summed E-state index contributed by atoms with van der Waals surface area (Å²) in [5.74, 6) is 0.926. The summed E-state index contributed by atoms with van der Waals surface area (Å²) in [5, 5.41) is 0. The molecule has 0 bridgehead atoms. The number of nitrogen functional groups attached to an aromatic ring is 1. The molecule has 90 valence electrons. The van der Waals surface area contributed by atoms with Gasteiger partial charge in [0.15, 0.2) is 0 Å². The largest absolute Gasteiger partial charge is 0.399 e. The molecular weight excluding hydrogens is 290 g/mol. The maximum absolute atomic E-state index is 5.81. The first-order valence-electron chi connectivity index (χ1n) is 5.66. The highest BCUT2D eigenvalue weighted by Crippen LogP contribution is 2.28. The molecule has 18 heavy (non-hydrogen) atoms. The minimum Gasteiger partial charge on any atom is -0.399 e. The van der Waals surface area contributed by atoms with Crippen LogP contribution in [0, 0.1) is 6.92 Å². The first-order valence-corrected chi connectivity index (χ1v) is 6.45. The monoisotopic (exact) mass is 301 g/mol. The van der Waals surface area contributed by atoms with Crippen molar-refractivity contribution in [2.75, 3.05) is 5.73 Å². The number of hydrogen-bond acceptors (Lipinski definition) is 2. The van der Waals surface area contributed by atoms with Gasteiger partial charge in [0.2, 0.25) is 0 Å². The molecule has 0 aliphatic heterocycles. The van der Waals surface area contributed by atoms with Gasteiger partial charge in [-0.3, -0.25) is 4.40 Å². The minimum absolute atomic E-state index is 0.736. The lowest BCUT2D eigenvalue weighted by molar-refractivity contribution is 1.15. The zero-order valence-electron chi connectivity index (χ0n) is 9.89. The van der Waals surface area contributed by atoms with Crippen LogP contribution in [0.2, 0.25) is 0 Å². The summed E-state index contributed by atoms with van der Waals surface area (Å²) < 4.78 is 2.86. The number of rotatable bonds is 1. The number of halogens is 1. The van der Waals surface area contributed by atoms with Gasteiger partial charge in [-0.15, -0.1) is 0 Å². The molecule has 0 unspecified atom stereocenters. The van der Waals surface area contributed by atoms with Gasteiger partial charge in [-0.2, -0.15) is 0 Å². The van der Waals surface area contributed by atoms with E-state index in [-0.39, 0.29) is 0 Å². The third kappa shape index (κ3) is 1.69. The Hall–Kier alpha value is -1.81. The van der Waals surface area contributed by atoms with Crippen LogP contribution in [0.4, 0.5) is 5.69 Å². The molecule has 2 N–H and O–H groups in total. The molecular formula is C14H12BrN3. The lowest BCUT2D eigenvalue weighted by Gasteiger charge is -2.04. The van der Waals surface area contributed by atoms with Crippen LogP contribution < -0.4 is 5.73 Å². The molecule has 3 nitrogen and oxygen atoms in total. The third-order valence-corrected chi connectivity index (χ3v) is 3.59. The van der Waals surface area contributed by atoms with E-state index in [0.717, 1.165) is 27.2 Å². The smallest absolute Gasteiger partial charge is 0.146 e. The Morgan fingerprint density at radius 2 is 2.00 bits per heavy atom. The normalized spacial score (nSPS) is 11.0. The molecule has 3 aromatic rings. The van der Waals surface area contributed by atoms with Crippen LogP contribution in [0.3, 0.4) is 0 Å². The minimum atomic E-state index is 0.736.